The fraction of sp³-hybridized carbons (Fsp3) is 0.583. The van der Waals surface area contributed by atoms with Gasteiger partial charge >= 0.3 is 5.97 Å². The number of aromatic nitrogens is 1. The van der Waals surface area contributed by atoms with Crippen LogP contribution >= 0.6 is 0 Å². The van der Waals surface area contributed by atoms with Crippen molar-refractivity contribution in [2.45, 2.75) is 37.1 Å². The van der Waals surface area contributed by atoms with Crippen molar-refractivity contribution in [2.24, 2.45) is 13.0 Å². The lowest BCUT2D eigenvalue weighted by Gasteiger charge is -2.03. The third-order valence-corrected chi connectivity index (χ3v) is 4.85. The van der Waals surface area contributed by atoms with Gasteiger partial charge in [0, 0.05) is 19.3 Å². The predicted octanol–water partition coefficient (Wildman–Crippen LogP) is 1.19. The molecule has 7 heteroatoms. The van der Waals surface area contributed by atoms with Crippen molar-refractivity contribution in [1.82, 2.24) is 9.29 Å². The van der Waals surface area contributed by atoms with Crippen molar-refractivity contribution < 1.29 is 18.3 Å². The van der Waals surface area contributed by atoms with Crippen LogP contribution < -0.4 is 4.72 Å². The van der Waals surface area contributed by atoms with Crippen LogP contribution in [0.3, 0.4) is 0 Å². The molecule has 1 aliphatic rings. The highest BCUT2D eigenvalue weighted by atomic mass is 32.2. The molecule has 0 amide bonds. The largest absolute Gasteiger partial charge is 0.477 e. The van der Waals surface area contributed by atoms with Gasteiger partial charge in [0.25, 0.3) is 0 Å². The number of carboxylic acids is 1. The Labute approximate surface area is 112 Å². The Morgan fingerprint density at radius 3 is 2.79 bits per heavy atom. The van der Waals surface area contributed by atoms with Crippen LogP contribution in [0.4, 0.5) is 0 Å². The normalized spacial score (nSPS) is 22.4. The highest BCUT2D eigenvalue weighted by molar-refractivity contribution is 7.89. The lowest BCUT2D eigenvalue weighted by atomic mass is 10.2. The molecule has 2 unspecified atom stereocenters. The fourth-order valence-corrected chi connectivity index (χ4v) is 3.63. The first kappa shape index (κ1) is 14.1. The van der Waals surface area contributed by atoms with Crippen LogP contribution in [0.15, 0.2) is 17.2 Å². The molecule has 1 aromatic heterocycles. The van der Waals surface area contributed by atoms with Gasteiger partial charge in [-0.3, -0.25) is 0 Å². The highest BCUT2D eigenvalue weighted by Crippen LogP contribution is 2.35. The summed E-state index contributed by atoms with van der Waals surface area (Å²) in [5.41, 5.74) is -0.0405. The van der Waals surface area contributed by atoms with Crippen LogP contribution in [0.5, 0.6) is 0 Å². The smallest absolute Gasteiger partial charge is 0.352 e. The summed E-state index contributed by atoms with van der Waals surface area (Å²) in [6, 6.07) is 1.18. The minimum atomic E-state index is -3.62. The van der Waals surface area contributed by atoms with Crippen LogP contribution in [-0.2, 0) is 17.1 Å². The van der Waals surface area contributed by atoms with Crippen LogP contribution in [0.1, 0.15) is 36.7 Å². The summed E-state index contributed by atoms with van der Waals surface area (Å²) in [6.45, 7) is 2.07. The zero-order valence-corrected chi connectivity index (χ0v) is 11.8. The van der Waals surface area contributed by atoms with Gasteiger partial charge in [-0.05, 0) is 24.8 Å². The van der Waals surface area contributed by atoms with Gasteiger partial charge < -0.3 is 9.67 Å². The quantitative estimate of drug-likeness (QED) is 0.822. The van der Waals surface area contributed by atoms with E-state index in [2.05, 4.69) is 11.6 Å². The lowest BCUT2D eigenvalue weighted by Crippen LogP contribution is -2.26. The summed E-state index contributed by atoms with van der Waals surface area (Å²) >= 11 is 0. The van der Waals surface area contributed by atoms with Gasteiger partial charge in [0.15, 0.2) is 0 Å². The number of carboxylic acid groups (broad SMARTS) is 1. The Morgan fingerprint density at radius 1 is 1.58 bits per heavy atom. The Balaban J connectivity index is 2.12. The van der Waals surface area contributed by atoms with E-state index < -0.39 is 16.0 Å². The number of rotatable bonds is 6. The predicted molar refractivity (Wildman–Crippen MR) is 69.5 cm³/mol. The van der Waals surface area contributed by atoms with E-state index in [9.17, 15) is 13.2 Å². The molecule has 106 valence electrons. The molecular weight excluding hydrogens is 268 g/mol. The molecule has 2 N–H and O–H groups in total. The first-order valence-corrected chi connectivity index (χ1v) is 7.75. The zero-order valence-electron chi connectivity index (χ0n) is 11.0. The third kappa shape index (κ3) is 2.98. The van der Waals surface area contributed by atoms with E-state index in [1.165, 1.54) is 23.9 Å². The number of aromatic carboxylic acids is 1. The summed E-state index contributed by atoms with van der Waals surface area (Å²) in [5.74, 6) is -0.721. The van der Waals surface area contributed by atoms with Crippen molar-refractivity contribution >= 4 is 16.0 Å². The van der Waals surface area contributed by atoms with Gasteiger partial charge in [-0.1, -0.05) is 13.3 Å². The monoisotopic (exact) mass is 286 g/mol. The van der Waals surface area contributed by atoms with Crippen LogP contribution in [-0.4, -0.2) is 30.1 Å². The van der Waals surface area contributed by atoms with Crippen molar-refractivity contribution in [3.05, 3.63) is 18.0 Å². The molecule has 1 saturated carbocycles. The number of aryl methyl sites for hydroxylation is 1. The second-order valence-electron chi connectivity index (χ2n) is 4.99. The minimum Gasteiger partial charge on any atom is -0.477 e. The number of sulfonamides is 1. The lowest BCUT2D eigenvalue weighted by molar-refractivity contribution is 0.0686. The number of hydrogen-bond donors (Lipinski definition) is 2. The van der Waals surface area contributed by atoms with E-state index in [-0.39, 0.29) is 16.6 Å². The molecule has 2 rings (SSSR count). The van der Waals surface area contributed by atoms with E-state index >= 15 is 0 Å². The molecular formula is C12H18N2O4S. The molecule has 1 aliphatic carbocycles. The first-order chi connectivity index (χ1) is 8.85. The molecule has 0 aliphatic heterocycles. The van der Waals surface area contributed by atoms with Crippen molar-refractivity contribution in [3.8, 4) is 0 Å². The van der Waals surface area contributed by atoms with Crippen molar-refractivity contribution in [1.29, 1.82) is 0 Å². The molecule has 2 atom stereocenters. The molecule has 6 nitrogen and oxygen atoms in total. The molecule has 19 heavy (non-hydrogen) atoms. The first-order valence-electron chi connectivity index (χ1n) is 6.27. The second kappa shape index (κ2) is 4.97. The summed E-state index contributed by atoms with van der Waals surface area (Å²) in [6.07, 6.45) is 4.24. The molecule has 1 heterocycles. The standard InChI is InChI=1S/C12H18N2O4S/c1-3-4-8-5-10(8)13-19(17,18)9-6-11(12(15)16)14(2)7-9/h6-8,10,13H,3-5H2,1-2H3,(H,15,16). The van der Waals surface area contributed by atoms with E-state index in [1.54, 1.807) is 0 Å². The van der Waals surface area contributed by atoms with Gasteiger partial charge in [-0.15, -0.1) is 0 Å². The summed E-state index contributed by atoms with van der Waals surface area (Å²) in [5, 5.41) is 8.91. The molecule has 0 aromatic carbocycles. The zero-order chi connectivity index (χ0) is 14.2. The van der Waals surface area contributed by atoms with Crippen molar-refractivity contribution in [2.75, 3.05) is 0 Å². The summed E-state index contributed by atoms with van der Waals surface area (Å²) in [4.78, 5) is 10.9. The topological polar surface area (TPSA) is 88.4 Å². The van der Waals surface area contributed by atoms with Crippen LogP contribution in [0, 0.1) is 5.92 Å². The average molecular weight is 286 g/mol. The van der Waals surface area contributed by atoms with Crippen LogP contribution in [0.25, 0.3) is 0 Å². The maximum atomic E-state index is 12.1. The third-order valence-electron chi connectivity index (χ3n) is 3.40. The Kier molecular flexibility index (Phi) is 3.69. The molecule has 1 fully saturated rings. The van der Waals surface area contributed by atoms with E-state index in [1.807, 2.05) is 0 Å². The molecule has 1 aromatic rings. The van der Waals surface area contributed by atoms with Gasteiger partial charge in [-0.2, -0.15) is 0 Å². The fourth-order valence-electron chi connectivity index (χ4n) is 2.24. The maximum absolute atomic E-state index is 12.1. The minimum absolute atomic E-state index is 0.00145. The molecule has 0 bridgehead atoms. The van der Waals surface area contributed by atoms with Gasteiger partial charge in [0.1, 0.15) is 10.6 Å². The number of carbonyl (C=O) groups is 1. The van der Waals surface area contributed by atoms with Crippen LogP contribution in [0.2, 0.25) is 0 Å². The van der Waals surface area contributed by atoms with E-state index in [0.717, 1.165) is 19.3 Å². The summed E-state index contributed by atoms with van der Waals surface area (Å²) < 4.78 is 28.1. The number of nitrogens with zero attached hydrogens (tertiary/aromatic N) is 1. The Bertz CT molecular complexity index is 591. The second-order valence-corrected chi connectivity index (χ2v) is 6.70. The molecule has 0 radical (unpaired) electrons. The highest BCUT2D eigenvalue weighted by Gasteiger charge is 2.39. The molecule has 0 saturated heterocycles. The maximum Gasteiger partial charge on any atom is 0.352 e. The Morgan fingerprint density at radius 2 is 2.26 bits per heavy atom. The molecule has 0 spiro atoms. The van der Waals surface area contributed by atoms with E-state index in [0.29, 0.717) is 5.92 Å². The van der Waals surface area contributed by atoms with Gasteiger partial charge in [0.05, 0.1) is 0 Å². The van der Waals surface area contributed by atoms with Gasteiger partial charge in [-0.25, -0.2) is 17.9 Å². The number of hydrogen-bond acceptors (Lipinski definition) is 3. The SMILES string of the molecule is CCCC1CC1NS(=O)(=O)c1cc(C(=O)O)n(C)c1. The van der Waals surface area contributed by atoms with Gasteiger partial charge in [0.2, 0.25) is 10.0 Å². The Hall–Kier alpha value is -1.34. The van der Waals surface area contributed by atoms with Crippen molar-refractivity contribution in [3.63, 3.8) is 0 Å². The number of nitrogens with one attached hydrogen (secondary N) is 1. The summed E-state index contributed by atoms with van der Waals surface area (Å²) in [7, 11) is -2.10. The average Bonchev–Trinajstić information content (AvgIpc) is 2.87. The van der Waals surface area contributed by atoms with E-state index in [4.69, 9.17) is 5.11 Å².